The third-order valence-electron chi connectivity index (χ3n) is 2.61. The Morgan fingerprint density at radius 2 is 1.95 bits per heavy atom. The Labute approximate surface area is 133 Å². The lowest BCUT2D eigenvalue weighted by Gasteiger charge is -2.19. The molecule has 1 heterocycles. The first-order valence-electron chi connectivity index (χ1n) is 6.60. The molecule has 1 amide bonds. The normalized spacial score (nSPS) is 11.1. The Morgan fingerprint density at radius 1 is 1.32 bits per heavy atom. The lowest BCUT2D eigenvalue weighted by molar-refractivity contribution is 0.0634. The van der Waals surface area contributed by atoms with Crippen LogP contribution in [0.15, 0.2) is 30.3 Å². The van der Waals surface area contributed by atoms with Crippen molar-refractivity contribution < 1.29 is 14.3 Å². The van der Waals surface area contributed by atoms with Gasteiger partial charge < -0.3 is 4.74 Å². The Hall–Kier alpha value is -2.34. The van der Waals surface area contributed by atoms with Gasteiger partial charge in [-0.3, -0.25) is 14.7 Å². The highest BCUT2D eigenvalue weighted by atomic mass is 35.5. The molecule has 1 N–H and O–H groups in total. The second-order valence-electron chi connectivity index (χ2n) is 5.53. The van der Waals surface area contributed by atoms with Gasteiger partial charge >= 0.3 is 6.09 Å². The highest BCUT2D eigenvalue weighted by Crippen LogP contribution is 2.24. The number of rotatable bonds is 3. The number of halogens is 1. The van der Waals surface area contributed by atoms with Crippen LogP contribution in [0.3, 0.4) is 0 Å². The third-order valence-corrected chi connectivity index (χ3v) is 2.89. The fourth-order valence-electron chi connectivity index (χ4n) is 1.83. The molecule has 0 bridgehead atoms. The maximum atomic E-state index is 11.9. The molecule has 22 heavy (non-hydrogen) atoms. The number of hydrogen-bond donors (Lipinski definition) is 1. The minimum atomic E-state index is -0.677. The van der Waals surface area contributed by atoms with Crippen molar-refractivity contribution in [3.8, 4) is 5.69 Å². The number of nitrogens with one attached hydrogen (secondary N) is 1. The SMILES string of the molecule is CC(C)(C)OC(=O)Nc1nc(Cl)c(C=O)n1-c1ccccc1. The predicted octanol–water partition coefficient (Wildman–Crippen LogP) is 3.69. The van der Waals surface area contributed by atoms with E-state index in [1.165, 1.54) is 4.57 Å². The number of amides is 1. The van der Waals surface area contributed by atoms with Gasteiger partial charge in [0.2, 0.25) is 5.95 Å². The molecule has 0 aliphatic heterocycles. The van der Waals surface area contributed by atoms with Gasteiger partial charge in [-0.1, -0.05) is 29.8 Å². The van der Waals surface area contributed by atoms with Crippen LogP contribution in [-0.4, -0.2) is 27.5 Å². The molecule has 6 nitrogen and oxygen atoms in total. The van der Waals surface area contributed by atoms with Gasteiger partial charge in [-0.25, -0.2) is 4.79 Å². The first kappa shape index (κ1) is 16.0. The number of para-hydroxylation sites is 1. The van der Waals surface area contributed by atoms with Crippen LogP contribution in [0.25, 0.3) is 5.69 Å². The van der Waals surface area contributed by atoms with Gasteiger partial charge in [0.1, 0.15) is 11.3 Å². The number of nitrogens with zero attached hydrogens (tertiary/aromatic N) is 2. The van der Waals surface area contributed by atoms with Gasteiger partial charge in [0.25, 0.3) is 0 Å². The molecule has 0 aliphatic rings. The molecular formula is C15H16ClN3O3. The van der Waals surface area contributed by atoms with E-state index < -0.39 is 11.7 Å². The number of aldehydes is 1. The first-order chi connectivity index (χ1) is 10.3. The van der Waals surface area contributed by atoms with Crippen molar-refractivity contribution >= 4 is 29.9 Å². The van der Waals surface area contributed by atoms with Crippen LogP contribution >= 0.6 is 11.6 Å². The van der Waals surface area contributed by atoms with Crippen molar-refractivity contribution in [2.24, 2.45) is 0 Å². The van der Waals surface area contributed by atoms with Gasteiger partial charge in [-0.05, 0) is 32.9 Å². The number of hydrogen-bond acceptors (Lipinski definition) is 4. The van der Waals surface area contributed by atoms with E-state index in [0.717, 1.165) is 0 Å². The Kier molecular flexibility index (Phi) is 4.51. The van der Waals surface area contributed by atoms with E-state index >= 15 is 0 Å². The molecule has 0 saturated carbocycles. The molecule has 7 heteroatoms. The number of ether oxygens (including phenoxy) is 1. The van der Waals surface area contributed by atoms with Crippen molar-refractivity contribution in [2.45, 2.75) is 26.4 Å². The Morgan fingerprint density at radius 3 is 2.50 bits per heavy atom. The Bertz CT molecular complexity index is 690. The van der Waals surface area contributed by atoms with Gasteiger partial charge in [0.15, 0.2) is 11.4 Å². The molecule has 1 aromatic carbocycles. The van der Waals surface area contributed by atoms with Gasteiger partial charge in [0, 0.05) is 5.69 Å². The number of carbonyl (C=O) groups is 2. The van der Waals surface area contributed by atoms with Crippen molar-refractivity contribution in [3.05, 3.63) is 41.2 Å². The van der Waals surface area contributed by atoms with E-state index in [1.54, 1.807) is 45.0 Å². The average molecular weight is 322 g/mol. The van der Waals surface area contributed by atoms with Crippen LogP contribution < -0.4 is 5.32 Å². The topological polar surface area (TPSA) is 73.2 Å². The summed E-state index contributed by atoms with van der Waals surface area (Å²) in [6.45, 7) is 5.25. The smallest absolute Gasteiger partial charge is 0.414 e. The number of aromatic nitrogens is 2. The van der Waals surface area contributed by atoms with Crippen molar-refractivity contribution in [2.75, 3.05) is 5.32 Å². The fraction of sp³-hybridized carbons (Fsp3) is 0.267. The van der Waals surface area contributed by atoms with Crippen molar-refractivity contribution in [1.82, 2.24) is 9.55 Å². The summed E-state index contributed by atoms with van der Waals surface area (Å²) in [5.41, 5.74) is 0.153. The highest BCUT2D eigenvalue weighted by Gasteiger charge is 2.21. The molecule has 0 spiro atoms. The van der Waals surface area contributed by atoms with Crippen molar-refractivity contribution in [1.29, 1.82) is 0 Å². The van der Waals surface area contributed by atoms with Crippen LogP contribution in [0.5, 0.6) is 0 Å². The summed E-state index contributed by atoms with van der Waals surface area (Å²) in [6, 6.07) is 8.98. The summed E-state index contributed by atoms with van der Waals surface area (Å²) >= 11 is 5.96. The summed E-state index contributed by atoms with van der Waals surface area (Å²) in [7, 11) is 0. The molecule has 1 aromatic heterocycles. The molecule has 0 unspecified atom stereocenters. The molecule has 0 fully saturated rings. The first-order valence-corrected chi connectivity index (χ1v) is 6.98. The van der Waals surface area contributed by atoms with E-state index in [-0.39, 0.29) is 16.8 Å². The molecule has 2 rings (SSSR count). The average Bonchev–Trinajstić information content (AvgIpc) is 2.73. The fourth-order valence-corrected chi connectivity index (χ4v) is 2.03. The summed E-state index contributed by atoms with van der Waals surface area (Å²) in [4.78, 5) is 27.2. The van der Waals surface area contributed by atoms with Crippen LogP contribution in [0, 0.1) is 0 Å². The van der Waals surface area contributed by atoms with Crippen molar-refractivity contribution in [3.63, 3.8) is 0 Å². The maximum Gasteiger partial charge on any atom is 0.414 e. The molecule has 2 aromatic rings. The largest absolute Gasteiger partial charge is 0.444 e. The quantitative estimate of drug-likeness (QED) is 0.875. The lowest BCUT2D eigenvalue weighted by Crippen LogP contribution is -2.28. The molecule has 0 aliphatic carbocycles. The number of anilines is 1. The van der Waals surface area contributed by atoms with Crippen LogP contribution in [0.4, 0.5) is 10.7 Å². The second-order valence-corrected chi connectivity index (χ2v) is 5.89. The van der Waals surface area contributed by atoms with Gasteiger partial charge in [0.05, 0.1) is 0 Å². The Balaban J connectivity index is 2.40. The van der Waals surface area contributed by atoms with E-state index in [2.05, 4.69) is 10.3 Å². The van der Waals surface area contributed by atoms with E-state index in [0.29, 0.717) is 12.0 Å². The molecule has 116 valence electrons. The van der Waals surface area contributed by atoms with Crippen LogP contribution in [0.1, 0.15) is 31.3 Å². The molecule has 0 atom stereocenters. The summed E-state index contributed by atoms with van der Waals surface area (Å²) in [5, 5.41) is 2.51. The molecule has 0 saturated heterocycles. The van der Waals surface area contributed by atoms with E-state index in [1.807, 2.05) is 6.07 Å². The zero-order chi connectivity index (χ0) is 16.3. The molecular weight excluding hydrogens is 306 g/mol. The van der Waals surface area contributed by atoms with Gasteiger partial charge in [-0.2, -0.15) is 4.98 Å². The number of benzene rings is 1. The third kappa shape index (κ3) is 3.65. The van der Waals surface area contributed by atoms with Gasteiger partial charge in [-0.15, -0.1) is 0 Å². The number of carbonyl (C=O) groups excluding carboxylic acids is 2. The van der Waals surface area contributed by atoms with Crippen LogP contribution in [-0.2, 0) is 4.74 Å². The monoisotopic (exact) mass is 321 g/mol. The summed E-state index contributed by atoms with van der Waals surface area (Å²) in [6.07, 6.45) is -0.0911. The zero-order valence-electron chi connectivity index (χ0n) is 12.5. The highest BCUT2D eigenvalue weighted by molar-refractivity contribution is 6.31. The molecule has 0 radical (unpaired) electrons. The predicted molar refractivity (Wildman–Crippen MR) is 83.8 cm³/mol. The second kappa shape index (κ2) is 6.19. The lowest BCUT2D eigenvalue weighted by atomic mass is 10.2. The maximum absolute atomic E-state index is 11.9. The number of imidazole rings is 1. The van der Waals surface area contributed by atoms with E-state index in [9.17, 15) is 9.59 Å². The minimum Gasteiger partial charge on any atom is -0.444 e. The summed E-state index contributed by atoms with van der Waals surface area (Å²) < 4.78 is 6.64. The zero-order valence-corrected chi connectivity index (χ0v) is 13.2. The minimum absolute atomic E-state index is 0.00455. The van der Waals surface area contributed by atoms with E-state index in [4.69, 9.17) is 16.3 Å². The summed E-state index contributed by atoms with van der Waals surface area (Å²) in [5.74, 6) is 0.118. The standard InChI is InChI=1S/C15H16ClN3O3/c1-15(2,3)22-14(21)18-13-17-12(16)11(9-20)19(13)10-7-5-4-6-8-10/h4-9H,1-3H3,(H,17,18,21). The van der Waals surface area contributed by atoms with Crippen LogP contribution in [0.2, 0.25) is 5.15 Å².